The van der Waals surface area contributed by atoms with E-state index in [2.05, 4.69) is 5.32 Å². The molecule has 6 heteroatoms. The van der Waals surface area contributed by atoms with E-state index in [0.29, 0.717) is 0 Å². The number of hydrogen-bond acceptors (Lipinski definition) is 2. The number of nitrogens with two attached hydrogens (primary N) is 1. The Hall–Kier alpha value is -0.420. The second kappa shape index (κ2) is 4.19. The Morgan fingerprint density at radius 1 is 1.62 bits per heavy atom. The Kier molecular flexibility index (Phi) is 4.06. The molecule has 1 aliphatic carbocycles. The number of carbonyl (C=O) groups excluding carboxylic acids is 1. The minimum Gasteiger partial charge on any atom is -0.352 e. The van der Waals surface area contributed by atoms with Gasteiger partial charge in [0.25, 0.3) is 5.92 Å². The highest BCUT2D eigenvalue weighted by molar-refractivity contribution is 5.85. The summed E-state index contributed by atoms with van der Waals surface area (Å²) < 4.78 is 24.5. The summed E-state index contributed by atoms with van der Waals surface area (Å²) in [5, 5.41) is 2.43. The van der Waals surface area contributed by atoms with E-state index in [1.807, 2.05) is 0 Å². The van der Waals surface area contributed by atoms with Crippen molar-refractivity contribution in [1.82, 2.24) is 5.32 Å². The average molecular weight is 215 g/mol. The van der Waals surface area contributed by atoms with Crippen molar-refractivity contribution in [2.45, 2.75) is 37.8 Å². The molecule has 0 aromatic rings. The second-order valence-corrected chi connectivity index (χ2v) is 3.26. The van der Waals surface area contributed by atoms with Crippen LogP contribution in [0.5, 0.6) is 0 Å². The molecule has 3 nitrogen and oxygen atoms in total. The molecule has 3 N–H and O–H groups in total. The third-order valence-corrected chi connectivity index (χ3v) is 1.85. The van der Waals surface area contributed by atoms with Crippen molar-refractivity contribution in [2.24, 2.45) is 5.73 Å². The Balaban J connectivity index is 0.00000144. The van der Waals surface area contributed by atoms with Crippen LogP contribution in [0.1, 0.15) is 19.8 Å². The Labute approximate surface area is 81.5 Å². The third-order valence-electron chi connectivity index (χ3n) is 1.85. The van der Waals surface area contributed by atoms with E-state index in [1.54, 1.807) is 0 Å². The summed E-state index contributed by atoms with van der Waals surface area (Å²) in [6.07, 6.45) is -0.517. The average Bonchev–Trinajstić information content (AvgIpc) is 1.83. The van der Waals surface area contributed by atoms with Gasteiger partial charge in [0.05, 0.1) is 6.04 Å². The quantitative estimate of drug-likeness (QED) is 0.710. The van der Waals surface area contributed by atoms with E-state index in [4.69, 9.17) is 5.73 Å². The molecule has 0 bridgehead atoms. The second-order valence-electron chi connectivity index (χ2n) is 3.26. The molecule has 0 aromatic heterocycles. The molecule has 1 fully saturated rings. The summed E-state index contributed by atoms with van der Waals surface area (Å²) in [6.45, 7) is 1.52. The molecule has 1 atom stereocenters. The molecule has 0 saturated heterocycles. The van der Waals surface area contributed by atoms with Gasteiger partial charge in [0, 0.05) is 18.9 Å². The molecule has 0 radical (unpaired) electrons. The Bertz CT molecular complexity index is 191. The standard InChI is InChI=1S/C7H12F2N2O.ClH/c1-4(10)6(12)11-5-2-7(8,9)3-5;/h4-5H,2-3,10H2,1H3,(H,11,12);1H. The van der Waals surface area contributed by atoms with Crippen LogP contribution >= 0.6 is 12.4 Å². The van der Waals surface area contributed by atoms with Gasteiger partial charge in [-0.15, -0.1) is 12.4 Å². The maximum Gasteiger partial charge on any atom is 0.252 e. The molecule has 0 spiro atoms. The number of amides is 1. The van der Waals surface area contributed by atoms with Gasteiger partial charge in [-0.25, -0.2) is 8.78 Å². The van der Waals surface area contributed by atoms with Crippen molar-refractivity contribution in [3.8, 4) is 0 Å². The number of alkyl halides is 2. The van der Waals surface area contributed by atoms with Gasteiger partial charge >= 0.3 is 0 Å². The van der Waals surface area contributed by atoms with Crippen LogP contribution in [0.4, 0.5) is 8.78 Å². The smallest absolute Gasteiger partial charge is 0.252 e. The number of carbonyl (C=O) groups is 1. The van der Waals surface area contributed by atoms with Gasteiger partial charge in [0.2, 0.25) is 5.91 Å². The van der Waals surface area contributed by atoms with Gasteiger partial charge in [0.15, 0.2) is 0 Å². The maximum atomic E-state index is 12.3. The largest absolute Gasteiger partial charge is 0.352 e. The third kappa shape index (κ3) is 3.44. The van der Waals surface area contributed by atoms with Crippen LogP contribution in [-0.2, 0) is 4.79 Å². The zero-order valence-corrected chi connectivity index (χ0v) is 8.04. The molecule has 0 aromatic carbocycles. The lowest BCUT2D eigenvalue weighted by molar-refractivity contribution is -0.130. The van der Waals surface area contributed by atoms with Crippen molar-refractivity contribution < 1.29 is 13.6 Å². The minimum absolute atomic E-state index is 0. The van der Waals surface area contributed by atoms with E-state index < -0.39 is 18.0 Å². The number of nitrogens with one attached hydrogen (secondary N) is 1. The zero-order chi connectivity index (χ0) is 9.35. The molecule has 1 amide bonds. The summed E-state index contributed by atoms with van der Waals surface area (Å²) in [4.78, 5) is 10.9. The highest BCUT2D eigenvalue weighted by Crippen LogP contribution is 2.37. The highest BCUT2D eigenvalue weighted by atomic mass is 35.5. The first-order valence-corrected chi connectivity index (χ1v) is 3.84. The fourth-order valence-electron chi connectivity index (χ4n) is 1.10. The van der Waals surface area contributed by atoms with Gasteiger partial charge in [0.1, 0.15) is 0 Å². The predicted octanol–water partition coefficient (Wildman–Crippen LogP) is 0.669. The van der Waals surface area contributed by atoms with Gasteiger partial charge in [-0.2, -0.15) is 0 Å². The summed E-state index contributed by atoms with van der Waals surface area (Å²) in [6, 6.07) is -1.02. The lowest BCUT2D eigenvalue weighted by atomic mass is 9.88. The molecule has 0 heterocycles. The van der Waals surface area contributed by atoms with Crippen LogP contribution in [0.15, 0.2) is 0 Å². The van der Waals surface area contributed by atoms with Crippen molar-refractivity contribution in [2.75, 3.05) is 0 Å². The fraction of sp³-hybridized carbons (Fsp3) is 0.857. The number of hydrogen-bond donors (Lipinski definition) is 2. The molecule has 0 aliphatic heterocycles. The molecule has 1 unspecified atom stereocenters. The van der Waals surface area contributed by atoms with Gasteiger partial charge in [-0.05, 0) is 6.92 Å². The number of halogens is 3. The summed E-state index contributed by atoms with van der Waals surface area (Å²) in [5.74, 6) is -2.95. The molecule has 13 heavy (non-hydrogen) atoms. The molecule has 78 valence electrons. The first kappa shape index (κ1) is 12.6. The molecular weight excluding hydrogens is 202 g/mol. The topological polar surface area (TPSA) is 55.1 Å². The minimum atomic E-state index is -2.59. The normalized spacial score (nSPS) is 22.5. The fourth-order valence-corrected chi connectivity index (χ4v) is 1.10. The predicted molar refractivity (Wildman–Crippen MR) is 47.0 cm³/mol. The Morgan fingerprint density at radius 2 is 2.08 bits per heavy atom. The van der Waals surface area contributed by atoms with E-state index >= 15 is 0 Å². The van der Waals surface area contributed by atoms with E-state index in [9.17, 15) is 13.6 Å². The zero-order valence-electron chi connectivity index (χ0n) is 7.22. The van der Waals surface area contributed by atoms with E-state index in [-0.39, 0.29) is 31.2 Å². The van der Waals surface area contributed by atoms with Crippen molar-refractivity contribution in [3.63, 3.8) is 0 Å². The van der Waals surface area contributed by atoms with Crippen LogP contribution in [-0.4, -0.2) is 23.9 Å². The van der Waals surface area contributed by atoms with E-state index in [0.717, 1.165) is 0 Å². The van der Waals surface area contributed by atoms with Crippen LogP contribution in [0, 0.1) is 0 Å². The molecular formula is C7H13ClF2N2O. The van der Waals surface area contributed by atoms with Gasteiger partial charge < -0.3 is 11.1 Å². The van der Waals surface area contributed by atoms with Gasteiger partial charge in [-0.1, -0.05) is 0 Å². The molecule has 1 aliphatic rings. The van der Waals surface area contributed by atoms with Gasteiger partial charge in [-0.3, -0.25) is 4.79 Å². The summed E-state index contributed by atoms with van der Waals surface area (Å²) in [5.41, 5.74) is 5.23. The summed E-state index contributed by atoms with van der Waals surface area (Å²) in [7, 11) is 0. The Morgan fingerprint density at radius 3 is 2.38 bits per heavy atom. The lowest BCUT2D eigenvalue weighted by Gasteiger charge is -2.35. The van der Waals surface area contributed by atoms with Crippen molar-refractivity contribution >= 4 is 18.3 Å². The first-order chi connectivity index (χ1) is 5.41. The summed E-state index contributed by atoms with van der Waals surface area (Å²) >= 11 is 0. The first-order valence-electron chi connectivity index (χ1n) is 3.84. The van der Waals surface area contributed by atoms with Crippen LogP contribution in [0.2, 0.25) is 0 Å². The molecule has 1 rings (SSSR count). The van der Waals surface area contributed by atoms with Crippen LogP contribution in [0.25, 0.3) is 0 Å². The SMILES string of the molecule is CC(N)C(=O)NC1CC(F)(F)C1.Cl. The van der Waals surface area contributed by atoms with Crippen LogP contribution in [0.3, 0.4) is 0 Å². The van der Waals surface area contributed by atoms with Crippen LogP contribution < -0.4 is 11.1 Å². The van der Waals surface area contributed by atoms with Crippen molar-refractivity contribution in [3.05, 3.63) is 0 Å². The molecule has 1 saturated carbocycles. The van der Waals surface area contributed by atoms with E-state index in [1.165, 1.54) is 6.92 Å². The number of rotatable bonds is 2. The maximum absolute atomic E-state index is 12.3. The lowest BCUT2D eigenvalue weighted by Crippen LogP contribution is -2.53. The highest BCUT2D eigenvalue weighted by Gasteiger charge is 2.45. The monoisotopic (exact) mass is 214 g/mol. The van der Waals surface area contributed by atoms with Crippen molar-refractivity contribution in [1.29, 1.82) is 0 Å².